The number of halogens is 3. The van der Waals surface area contributed by atoms with Gasteiger partial charge in [-0.05, 0) is 60.0 Å². The van der Waals surface area contributed by atoms with Crippen LogP contribution >= 0.6 is 0 Å². The fourth-order valence-corrected chi connectivity index (χ4v) is 3.68. The first-order valence-electron chi connectivity index (χ1n) is 11.7. The van der Waals surface area contributed by atoms with E-state index < -0.39 is 24.3 Å². The number of nitrogens with one attached hydrogen (secondary N) is 2. The van der Waals surface area contributed by atoms with Gasteiger partial charge < -0.3 is 20.5 Å². The van der Waals surface area contributed by atoms with Crippen LogP contribution in [-0.4, -0.2) is 23.5 Å². The summed E-state index contributed by atoms with van der Waals surface area (Å²) in [4.78, 5) is 24.0. The predicted molar refractivity (Wildman–Crippen MR) is 141 cm³/mol. The topological polar surface area (TPSA) is 87.7 Å². The molecule has 9 heteroatoms. The van der Waals surface area contributed by atoms with E-state index in [1.165, 1.54) is 31.2 Å². The van der Waals surface area contributed by atoms with Gasteiger partial charge in [0, 0.05) is 29.9 Å². The van der Waals surface area contributed by atoms with Gasteiger partial charge in [-0.1, -0.05) is 42.5 Å². The number of aliphatic hydroxyl groups excluding tert-OH is 1. The fraction of sp³-hybridized carbons (Fsp3) is 0.172. The summed E-state index contributed by atoms with van der Waals surface area (Å²) in [6.45, 7) is 3.27. The molecule has 0 unspecified atom stereocenters. The van der Waals surface area contributed by atoms with E-state index in [1.54, 1.807) is 48.5 Å². The number of carbonyl (C=O) groups excluding carboxylic acids is 2. The van der Waals surface area contributed by atoms with E-state index in [0.717, 1.165) is 12.1 Å². The van der Waals surface area contributed by atoms with Gasteiger partial charge in [-0.15, -0.1) is 0 Å². The highest BCUT2D eigenvalue weighted by Crippen LogP contribution is 2.32. The molecule has 0 aromatic heterocycles. The lowest BCUT2D eigenvalue weighted by Gasteiger charge is -2.13. The van der Waals surface area contributed by atoms with Gasteiger partial charge in [-0.2, -0.15) is 13.2 Å². The van der Waals surface area contributed by atoms with Crippen molar-refractivity contribution < 1.29 is 32.6 Å². The van der Waals surface area contributed by atoms with E-state index in [1.807, 2.05) is 6.92 Å². The monoisotopic (exact) mass is 524 g/mol. The van der Waals surface area contributed by atoms with E-state index in [9.17, 15) is 27.9 Å². The first kappa shape index (κ1) is 28.2. The Labute approximate surface area is 218 Å². The zero-order valence-electron chi connectivity index (χ0n) is 20.8. The molecular weight excluding hydrogens is 497 g/mol. The number of anilines is 2. The molecule has 0 bridgehead atoms. The number of allylic oxidation sites excluding steroid dienone is 2. The molecule has 38 heavy (non-hydrogen) atoms. The molecule has 0 saturated heterocycles. The van der Waals surface area contributed by atoms with Gasteiger partial charge in [-0.3, -0.25) is 9.59 Å². The van der Waals surface area contributed by atoms with Gasteiger partial charge in [0.25, 0.3) is 0 Å². The molecule has 6 nitrogen and oxygen atoms in total. The second-order valence-electron chi connectivity index (χ2n) is 8.13. The molecule has 3 N–H and O–H groups in total. The lowest BCUT2D eigenvalue weighted by atomic mass is 9.96. The Kier molecular flexibility index (Phi) is 9.45. The summed E-state index contributed by atoms with van der Waals surface area (Å²) in [7, 11) is 0. The second kappa shape index (κ2) is 12.7. The Morgan fingerprint density at radius 3 is 2.03 bits per heavy atom. The van der Waals surface area contributed by atoms with Gasteiger partial charge in [-0.25, -0.2) is 0 Å². The number of ether oxygens (including phenoxy) is 1. The Morgan fingerprint density at radius 2 is 1.50 bits per heavy atom. The van der Waals surface area contributed by atoms with Crippen molar-refractivity contribution in [1.82, 2.24) is 0 Å². The van der Waals surface area contributed by atoms with E-state index in [2.05, 4.69) is 10.6 Å². The van der Waals surface area contributed by atoms with Crippen LogP contribution in [0.5, 0.6) is 5.75 Å². The minimum atomic E-state index is -4.45. The van der Waals surface area contributed by atoms with Crippen LogP contribution in [0.2, 0.25) is 0 Å². The third-order valence-corrected chi connectivity index (χ3v) is 5.41. The third kappa shape index (κ3) is 7.57. The number of benzene rings is 3. The Bertz CT molecular complexity index is 1330. The van der Waals surface area contributed by atoms with Crippen molar-refractivity contribution in [3.8, 4) is 5.75 Å². The molecule has 3 aromatic rings. The number of rotatable bonds is 9. The van der Waals surface area contributed by atoms with Gasteiger partial charge in [0.05, 0.1) is 18.8 Å². The van der Waals surface area contributed by atoms with Crippen LogP contribution in [0.4, 0.5) is 24.5 Å². The van der Waals surface area contributed by atoms with Crippen LogP contribution in [0.3, 0.4) is 0 Å². The molecule has 0 saturated carbocycles. The molecule has 0 aliphatic carbocycles. The first-order valence-corrected chi connectivity index (χ1v) is 11.7. The zero-order valence-corrected chi connectivity index (χ0v) is 20.8. The molecule has 198 valence electrons. The molecular formula is C29H27F3N2O4. The van der Waals surface area contributed by atoms with Gasteiger partial charge >= 0.3 is 6.18 Å². The van der Waals surface area contributed by atoms with Crippen LogP contribution in [0.15, 0.2) is 85.0 Å². The average molecular weight is 525 g/mol. The smallest absolute Gasteiger partial charge is 0.416 e. The highest BCUT2D eigenvalue weighted by Gasteiger charge is 2.30. The molecule has 2 amide bonds. The maximum Gasteiger partial charge on any atom is 0.416 e. The largest absolute Gasteiger partial charge is 0.494 e. The van der Waals surface area contributed by atoms with Crippen LogP contribution < -0.4 is 15.4 Å². The Balaban J connectivity index is 1.89. The third-order valence-electron chi connectivity index (χ3n) is 5.41. The molecule has 0 atom stereocenters. The summed E-state index contributed by atoms with van der Waals surface area (Å²) in [5.41, 5.74) is 2.12. The number of aliphatic hydroxyl groups is 1. The zero-order chi connectivity index (χ0) is 27.7. The molecule has 3 rings (SSSR count). The van der Waals surface area contributed by atoms with Crippen molar-refractivity contribution in [1.29, 1.82) is 0 Å². The number of hydrogen-bond donors (Lipinski definition) is 3. The summed E-state index contributed by atoms with van der Waals surface area (Å²) < 4.78 is 44.6. The van der Waals surface area contributed by atoms with E-state index in [-0.39, 0.29) is 5.91 Å². The first-order chi connectivity index (χ1) is 18.1. The lowest BCUT2D eigenvalue weighted by molar-refractivity contribution is -0.137. The number of hydrogen-bond acceptors (Lipinski definition) is 4. The molecule has 0 fully saturated rings. The van der Waals surface area contributed by atoms with Crippen molar-refractivity contribution in [2.75, 3.05) is 17.2 Å². The van der Waals surface area contributed by atoms with Crippen molar-refractivity contribution in [3.63, 3.8) is 0 Å². The quantitative estimate of drug-likeness (QED) is 0.230. The minimum absolute atomic E-state index is 0.321. The standard InChI is InChI=1S/C29H27F3N2O4/c1-3-38-23-16-12-21(13-17-23)24(20-10-14-22(15-11-20)29(30,31)32)6-4-9-28(37)34-27-8-5-7-26(25(27)18-35)33-19(2)36/h4-17,35H,3,18H2,1-2H3,(H,33,36)(H,34,37). The van der Waals surface area contributed by atoms with Crippen molar-refractivity contribution in [2.24, 2.45) is 0 Å². The average Bonchev–Trinajstić information content (AvgIpc) is 2.87. The van der Waals surface area contributed by atoms with Gasteiger partial charge in [0.2, 0.25) is 11.8 Å². The Morgan fingerprint density at radius 1 is 0.921 bits per heavy atom. The van der Waals surface area contributed by atoms with E-state index in [0.29, 0.717) is 46.0 Å². The maximum atomic E-state index is 13.1. The van der Waals surface area contributed by atoms with Gasteiger partial charge in [0.15, 0.2) is 0 Å². The van der Waals surface area contributed by atoms with Crippen LogP contribution in [0.1, 0.15) is 36.1 Å². The minimum Gasteiger partial charge on any atom is -0.494 e. The van der Waals surface area contributed by atoms with Crippen molar-refractivity contribution in [2.45, 2.75) is 26.6 Å². The molecule has 0 aliphatic rings. The Hall–Kier alpha value is -4.37. The number of carbonyl (C=O) groups is 2. The molecule has 0 aliphatic heterocycles. The molecule has 0 heterocycles. The van der Waals surface area contributed by atoms with E-state index >= 15 is 0 Å². The summed E-state index contributed by atoms with van der Waals surface area (Å²) >= 11 is 0. The molecule has 3 aromatic carbocycles. The second-order valence-corrected chi connectivity index (χ2v) is 8.13. The normalized spacial score (nSPS) is 11.9. The van der Waals surface area contributed by atoms with Crippen LogP contribution in [0.25, 0.3) is 5.57 Å². The predicted octanol–water partition coefficient (Wildman–Crippen LogP) is 6.18. The van der Waals surface area contributed by atoms with Crippen LogP contribution in [0, 0.1) is 0 Å². The van der Waals surface area contributed by atoms with Gasteiger partial charge in [0.1, 0.15) is 5.75 Å². The number of alkyl halides is 3. The summed E-state index contributed by atoms with van der Waals surface area (Å²) in [5, 5.41) is 15.0. The summed E-state index contributed by atoms with van der Waals surface area (Å²) in [5.74, 6) is -0.174. The fourth-order valence-electron chi connectivity index (χ4n) is 3.68. The summed E-state index contributed by atoms with van der Waals surface area (Å²) in [6.07, 6.45) is -0.0945. The van der Waals surface area contributed by atoms with Crippen molar-refractivity contribution >= 4 is 28.8 Å². The maximum absolute atomic E-state index is 13.1. The molecule has 0 radical (unpaired) electrons. The molecule has 0 spiro atoms. The van der Waals surface area contributed by atoms with Crippen molar-refractivity contribution in [3.05, 3.63) is 107 Å². The SMILES string of the molecule is CCOc1ccc(C(=CC=CC(=O)Nc2cccc(NC(C)=O)c2CO)c2ccc(C(F)(F)F)cc2)cc1. The summed E-state index contributed by atoms with van der Waals surface area (Å²) in [6, 6.07) is 16.7. The highest BCUT2D eigenvalue weighted by molar-refractivity contribution is 6.01. The number of amides is 2. The highest BCUT2D eigenvalue weighted by atomic mass is 19.4. The van der Waals surface area contributed by atoms with E-state index in [4.69, 9.17) is 4.74 Å². The lowest BCUT2D eigenvalue weighted by Crippen LogP contribution is -2.13. The van der Waals surface area contributed by atoms with Crippen LogP contribution in [-0.2, 0) is 22.4 Å².